The number of nitrogens with zero attached hydrogens (tertiary/aromatic N) is 3. The molecule has 1 aromatic heterocycles. The fourth-order valence-corrected chi connectivity index (χ4v) is 2.45. The van der Waals surface area contributed by atoms with Crippen molar-refractivity contribution in [3.63, 3.8) is 0 Å². The van der Waals surface area contributed by atoms with E-state index in [0.29, 0.717) is 30.6 Å². The average Bonchev–Trinajstić information content (AvgIpc) is 2.79. The summed E-state index contributed by atoms with van der Waals surface area (Å²) in [5, 5.41) is 14.7. The summed E-state index contributed by atoms with van der Waals surface area (Å²) in [5.41, 5.74) is 0.665. The van der Waals surface area contributed by atoms with Crippen LogP contribution in [0.15, 0.2) is 6.20 Å². The molecule has 19 heavy (non-hydrogen) atoms. The van der Waals surface area contributed by atoms with E-state index in [2.05, 4.69) is 23.8 Å². The molecule has 0 aliphatic carbocycles. The number of methoxy groups -OCH3 is 1. The Hall–Kier alpha value is -1.11. The lowest BCUT2D eigenvalue weighted by molar-refractivity contribution is -0.0985. The van der Waals surface area contributed by atoms with Crippen LogP contribution in [0.25, 0.3) is 0 Å². The molecule has 6 heteroatoms. The van der Waals surface area contributed by atoms with Crippen molar-refractivity contribution < 1.29 is 14.6 Å². The van der Waals surface area contributed by atoms with E-state index in [1.54, 1.807) is 25.0 Å². The number of aromatic nitrogens is 2. The Morgan fingerprint density at radius 3 is 2.89 bits per heavy atom. The van der Waals surface area contributed by atoms with Gasteiger partial charge in [-0.05, 0) is 13.8 Å². The minimum absolute atomic E-state index is 0.250. The van der Waals surface area contributed by atoms with Gasteiger partial charge < -0.3 is 14.6 Å². The van der Waals surface area contributed by atoms with Crippen molar-refractivity contribution >= 4 is 0 Å². The van der Waals surface area contributed by atoms with E-state index in [1.807, 2.05) is 0 Å². The van der Waals surface area contributed by atoms with Gasteiger partial charge in [0.25, 0.3) is 0 Å². The summed E-state index contributed by atoms with van der Waals surface area (Å²) in [6.45, 7) is 6.56. The zero-order valence-corrected chi connectivity index (χ0v) is 12.0. The quantitative estimate of drug-likeness (QED) is 0.866. The van der Waals surface area contributed by atoms with Crippen molar-refractivity contribution in [1.29, 1.82) is 0 Å². The van der Waals surface area contributed by atoms with E-state index >= 15 is 0 Å². The maximum atomic E-state index is 10.5. The zero-order valence-electron chi connectivity index (χ0n) is 12.0. The monoisotopic (exact) mass is 269 g/mol. The molecular weight excluding hydrogens is 246 g/mol. The highest BCUT2D eigenvalue weighted by Gasteiger charge is 2.32. The van der Waals surface area contributed by atoms with E-state index in [1.165, 1.54) is 0 Å². The lowest BCUT2D eigenvalue weighted by Crippen LogP contribution is -2.48. The van der Waals surface area contributed by atoms with Gasteiger partial charge in [0.15, 0.2) is 5.75 Å². The van der Waals surface area contributed by atoms with Crippen LogP contribution in [0.3, 0.4) is 0 Å². The molecule has 2 heterocycles. The van der Waals surface area contributed by atoms with Gasteiger partial charge in [0.2, 0.25) is 0 Å². The first-order chi connectivity index (χ1) is 9.04. The molecule has 0 amide bonds. The first-order valence-corrected chi connectivity index (χ1v) is 6.64. The predicted molar refractivity (Wildman–Crippen MR) is 71.2 cm³/mol. The molecule has 0 radical (unpaired) electrons. The Labute approximate surface area is 113 Å². The largest absolute Gasteiger partial charge is 0.493 e. The van der Waals surface area contributed by atoms with Gasteiger partial charge in [-0.3, -0.25) is 9.58 Å². The molecule has 1 aromatic rings. The number of aliphatic hydroxyl groups excluding tert-OH is 1. The molecule has 108 valence electrons. The fourth-order valence-electron chi connectivity index (χ4n) is 2.45. The van der Waals surface area contributed by atoms with Gasteiger partial charge in [-0.2, -0.15) is 5.10 Å². The molecular formula is C13H23N3O3. The lowest BCUT2D eigenvalue weighted by atomic mass is 10.1. The Kier molecular flexibility index (Phi) is 4.44. The van der Waals surface area contributed by atoms with Crippen LogP contribution in [0.4, 0.5) is 0 Å². The normalized spacial score (nSPS) is 22.7. The summed E-state index contributed by atoms with van der Waals surface area (Å²) in [7, 11) is 3.37. The molecule has 0 spiro atoms. The highest BCUT2D eigenvalue weighted by atomic mass is 16.5. The SMILES string of the molecule is COc1cnn(C)c1C(O)C1CN(C(C)C)CCO1. The Morgan fingerprint density at radius 2 is 2.26 bits per heavy atom. The van der Waals surface area contributed by atoms with Gasteiger partial charge >= 0.3 is 0 Å². The number of aryl methyl sites for hydroxylation is 1. The fraction of sp³-hybridized carbons (Fsp3) is 0.769. The summed E-state index contributed by atoms with van der Waals surface area (Å²) in [5.74, 6) is 0.597. The predicted octanol–water partition coefficient (Wildman–Crippen LogP) is 0.571. The third-order valence-electron chi connectivity index (χ3n) is 3.66. The van der Waals surface area contributed by atoms with Crippen molar-refractivity contribution in [3.05, 3.63) is 11.9 Å². The van der Waals surface area contributed by atoms with Crippen molar-refractivity contribution in [3.8, 4) is 5.75 Å². The van der Waals surface area contributed by atoms with E-state index in [-0.39, 0.29) is 6.10 Å². The Morgan fingerprint density at radius 1 is 1.53 bits per heavy atom. The van der Waals surface area contributed by atoms with Crippen molar-refractivity contribution in [2.75, 3.05) is 26.8 Å². The van der Waals surface area contributed by atoms with Crippen LogP contribution in [0, 0.1) is 0 Å². The molecule has 2 atom stereocenters. The number of hydrogen-bond donors (Lipinski definition) is 1. The number of morpholine rings is 1. The summed E-state index contributed by atoms with van der Waals surface area (Å²) in [6, 6.07) is 0.451. The third-order valence-corrected chi connectivity index (χ3v) is 3.66. The van der Waals surface area contributed by atoms with Crippen LogP contribution in [0.2, 0.25) is 0 Å². The van der Waals surface area contributed by atoms with Gasteiger partial charge in [0.1, 0.15) is 17.9 Å². The molecule has 6 nitrogen and oxygen atoms in total. The zero-order chi connectivity index (χ0) is 14.0. The summed E-state index contributed by atoms with van der Waals surface area (Å²) in [6.07, 6.45) is 0.631. The molecule has 0 bridgehead atoms. The number of rotatable bonds is 4. The second kappa shape index (κ2) is 5.90. The Balaban J connectivity index is 2.14. The highest BCUT2D eigenvalue weighted by molar-refractivity contribution is 5.28. The summed E-state index contributed by atoms with van der Waals surface area (Å²) < 4.78 is 12.6. The van der Waals surface area contributed by atoms with Crippen LogP contribution in [-0.2, 0) is 11.8 Å². The first-order valence-electron chi connectivity index (χ1n) is 6.64. The van der Waals surface area contributed by atoms with Gasteiger partial charge in [0, 0.05) is 26.2 Å². The number of ether oxygens (including phenoxy) is 2. The van der Waals surface area contributed by atoms with E-state index in [0.717, 1.165) is 6.54 Å². The minimum Gasteiger partial charge on any atom is -0.493 e. The van der Waals surface area contributed by atoms with Crippen LogP contribution in [0.5, 0.6) is 5.75 Å². The molecule has 1 aliphatic rings. The second-order valence-electron chi connectivity index (χ2n) is 5.16. The topological polar surface area (TPSA) is 59.8 Å². The first kappa shape index (κ1) is 14.3. The molecule has 1 N–H and O–H groups in total. The average molecular weight is 269 g/mol. The van der Waals surface area contributed by atoms with Gasteiger partial charge in [-0.25, -0.2) is 0 Å². The molecule has 0 saturated carbocycles. The van der Waals surface area contributed by atoms with Crippen LogP contribution < -0.4 is 4.74 Å². The lowest BCUT2D eigenvalue weighted by Gasteiger charge is -2.37. The van der Waals surface area contributed by atoms with Crippen molar-refractivity contribution in [1.82, 2.24) is 14.7 Å². The molecule has 1 fully saturated rings. The van der Waals surface area contributed by atoms with E-state index in [4.69, 9.17) is 9.47 Å². The highest BCUT2D eigenvalue weighted by Crippen LogP contribution is 2.29. The molecule has 2 unspecified atom stereocenters. The van der Waals surface area contributed by atoms with Gasteiger partial charge in [-0.15, -0.1) is 0 Å². The van der Waals surface area contributed by atoms with Crippen molar-refractivity contribution in [2.24, 2.45) is 7.05 Å². The third kappa shape index (κ3) is 2.91. The minimum atomic E-state index is -0.732. The van der Waals surface area contributed by atoms with E-state index in [9.17, 15) is 5.11 Å². The number of hydrogen-bond acceptors (Lipinski definition) is 5. The smallest absolute Gasteiger partial charge is 0.162 e. The Bertz CT molecular complexity index is 419. The van der Waals surface area contributed by atoms with Crippen molar-refractivity contribution in [2.45, 2.75) is 32.1 Å². The molecule has 1 aliphatic heterocycles. The molecule has 0 aromatic carbocycles. The van der Waals surface area contributed by atoms with E-state index < -0.39 is 6.10 Å². The standard InChI is InChI=1S/C13H23N3O3/c1-9(2)16-5-6-19-11(8-16)13(17)12-10(18-4)7-14-15(12)3/h7,9,11,13,17H,5-6,8H2,1-4H3. The van der Waals surface area contributed by atoms with Gasteiger partial charge in [0.05, 0.1) is 19.9 Å². The number of aliphatic hydroxyl groups is 1. The maximum Gasteiger partial charge on any atom is 0.162 e. The maximum absolute atomic E-state index is 10.5. The summed E-state index contributed by atoms with van der Waals surface area (Å²) in [4.78, 5) is 2.31. The van der Waals surface area contributed by atoms with Crippen LogP contribution in [-0.4, -0.2) is 58.7 Å². The summed E-state index contributed by atoms with van der Waals surface area (Å²) >= 11 is 0. The second-order valence-corrected chi connectivity index (χ2v) is 5.16. The van der Waals surface area contributed by atoms with Crippen LogP contribution >= 0.6 is 0 Å². The van der Waals surface area contributed by atoms with Gasteiger partial charge in [-0.1, -0.05) is 0 Å². The van der Waals surface area contributed by atoms with Crippen LogP contribution in [0.1, 0.15) is 25.6 Å². The molecule has 1 saturated heterocycles. The molecule has 2 rings (SSSR count).